The van der Waals surface area contributed by atoms with Gasteiger partial charge in [0.2, 0.25) is 0 Å². The Morgan fingerprint density at radius 2 is 2.38 bits per heavy atom. The van der Waals surface area contributed by atoms with Gasteiger partial charge in [-0.1, -0.05) is 13.3 Å². The van der Waals surface area contributed by atoms with Crippen LogP contribution < -0.4 is 5.32 Å². The second-order valence-corrected chi connectivity index (χ2v) is 3.74. The molecule has 5 nitrogen and oxygen atoms in total. The van der Waals surface area contributed by atoms with E-state index >= 15 is 0 Å². The van der Waals surface area contributed by atoms with Crippen LogP contribution >= 0.6 is 0 Å². The lowest BCUT2D eigenvalue weighted by molar-refractivity contribution is -0.385. The van der Waals surface area contributed by atoms with Crippen molar-refractivity contribution in [2.24, 2.45) is 0 Å². The average Bonchev–Trinajstić information content (AvgIpc) is 2.29. The van der Waals surface area contributed by atoms with Gasteiger partial charge in [-0.2, -0.15) is 0 Å². The number of nitrogens with one attached hydrogen (secondary N) is 1. The van der Waals surface area contributed by atoms with E-state index in [2.05, 4.69) is 17.2 Å². The highest BCUT2D eigenvalue weighted by Gasteiger charge is 2.11. The van der Waals surface area contributed by atoms with E-state index in [9.17, 15) is 10.1 Å². The van der Waals surface area contributed by atoms with Gasteiger partial charge in [-0.15, -0.1) is 0 Å². The highest BCUT2D eigenvalue weighted by Crippen LogP contribution is 2.13. The molecule has 0 saturated carbocycles. The van der Waals surface area contributed by atoms with E-state index in [1.165, 1.54) is 12.3 Å². The smallest absolute Gasteiger partial charge is 0.272 e. The zero-order valence-electron chi connectivity index (χ0n) is 9.64. The Hall–Kier alpha value is -1.49. The zero-order valence-corrected chi connectivity index (χ0v) is 9.64. The second kappa shape index (κ2) is 6.17. The minimum Gasteiger partial charge on any atom is -0.317 e. The second-order valence-electron chi connectivity index (χ2n) is 3.74. The van der Waals surface area contributed by atoms with Crippen molar-refractivity contribution in [3.05, 3.63) is 34.1 Å². The van der Waals surface area contributed by atoms with Crippen molar-refractivity contribution in [3.63, 3.8) is 0 Å². The Kier molecular flexibility index (Phi) is 4.85. The van der Waals surface area contributed by atoms with E-state index < -0.39 is 0 Å². The lowest BCUT2D eigenvalue weighted by Gasteiger charge is -2.14. The highest BCUT2D eigenvalue weighted by molar-refractivity contribution is 5.29. The van der Waals surface area contributed by atoms with Crippen molar-refractivity contribution >= 4 is 5.69 Å². The van der Waals surface area contributed by atoms with Crippen LogP contribution in [-0.4, -0.2) is 23.0 Å². The van der Waals surface area contributed by atoms with Crippen LogP contribution in [0.5, 0.6) is 0 Å². The van der Waals surface area contributed by atoms with Gasteiger partial charge in [0.25, 0.3) is 5.69 Å². The molecule has 1 N–H and O–H groups in total. The molecule has 0 fully saturated rings. The van der Waals surface area contributed by atoms with Crippen molar-refractivity contribution in [2.45, 2.75) is 32.2 Å². The number of nitro groups is 1. The third-order valence-corrected chi connectivity index (χ3v) is 2.51. The maximum Gasteiger partial charge on any atom is 0.272 e. The predicted molar refractivity (Wildman–Crippen MR) is 62.4 cm³/mol. The first kappa shape index (κ1) is 12.6. The summed E-state index contributed by atoms with van der Waals surface area (Å²) in [4.78, 5) is 14.4. The average molecular weight is 223 g/mol. The van der Waals surface area contributed by atoms with Crippen molar-refractivity contribution in [1.29, 1.82) is 0 Å². The van der Waals surface area contributed by atoms with Gasteiger partial charge in [-0.25, -0.2) is 0 Å². The van der Waals surface area contributed by atoms with Gasteiger partial charge in [0, 0.05) is 36.5 Å². The number of rotatable bonds is 6. The SMILES string of the molecule is CCCC(Cc1cc([N+](=O)[O-])ccn1)NC. The molecular formula is C11H17N3O2. The van der Waals surface area contributed by atoms with Crippen LogP contribution in [-0.2, 0) is 6.42 Å². The normalized spacial score (nSPS) is 12.4. The number of pyridine rings is 1. The van der Waals surface area contributed by atoms with Gasteiger partial charge in [-0.3, -0.25) is 15.1 Å². The lowest BCUT2D eigenvalue weighted by Crippen LogP contribution is -2.27. The van der Waals surface area contributed by atoms with Crippen LogP contribution in [0.1, 0.15) is 25.5 Å². The van der Waals surface area contributed by atoms with Gasteiger partial charge in [0.05, 0.1) is 4.92 Å². The summed E-state index contributed by atoms with van der Waals surface area (Å²) in [6.07, 6.45) is 4.35. The predicted octanol–water partition coefficient (Wildman–Crippen LogP) is 1.92. The number of hydrogen-bond donors (Lipinski definition) is 1. The first-order valence-corrected chi connectivity index (χ1v) is 5.44. The molecule has 5 heteroatoms. The quantitative estimate of drug-likeness (QED) is 0.591. The van der Waals surface area contributed by atoms with Gasteiger partial charge in [0.15, 0.2) is 0 Å². The van der Waals surface area contributed by atoms with Crippen LogP contribution in [0.3, 0.4) is 0 Å². The monoisotopic (exact) mass is 223 g/mol. The van der Waals surface area contributed by atoms with Gasteiger partial charge in [0.1, 0.15) is 0 Å². The molecule has 1 aromatic heterocycles. The number of nitrogens with zero attached hydrogens (tertiary/aromatic N) is 2. The van der Waals surface area contributed by atoms with E-state index in [0.717, 1.165) is 25.0 Å². The maximum atomic E-state index is 10.6. The van der Waals surface area contributed by atoms with E-state index in [0.29, 0.717) is 6.04 Å². The maximum absolute atomic E-state index is 10.6. The third-order valence-electron chi connectivity index (χ3n) is 2.51. The van der Waals surface area contributed by atoms with Gasteiger partial charge < -0.3 is 5.32 Å². The molecule has 16 heavy (non-hydrogen) atoms. The Morgan fingerprint density at radius 1 is 1.62 bits per heavy atom. The standard InChI is InChI=1S/C11H17N3O2/c1-3-4-9(12-2)7-10-8-11(14(15)16)5-6-13-10/h5-6,8-9,12H,3-4,7H2,1-2H3. The molecule has 1 heterocycles. The molecule has 0 aliphatic carbocycles. The topological polar surface area (TPSA) is 68.1 Å². The molecule has 1 unspecified atom stereocenters. The van der Waals surface area contributed by atoms with Crippen LogP contribution in [0.15, 0.2) is 18.3 Å². The summed E-state index contributed by atoms with van der Waals surface area (Å²) >= 11 is 0. The fourth-order valence-electron chi connectivity index (χ4n) is 1.64. The largest absolute Gasteiger partial charge is 0.317 e. The molecule has 0 aliphatic heterocycles. The van der Waals surface area contributed by atoms with Gasteiger partial charge >= 0.3 is 0 Å². The minimum absolute atomic E-state index is 0.108. The van der Waals surface area contributed by atoms with Crippen LogP contribution in [0, 0.1) is 10.1 Å². The zero-order chi connectivity index (χ0) is 12.0. The lowest BCUT2D eigenvalue weighted by atomic mass is 10.1. The molecule has 0 radical (unpaired) electrons. The molecule has 0 aromatic carbocycles. The fourth-order valence-corrected chi connectivity index (χ4v) is 1.64. The minimum atomic E-state index is -0.390. The molecular weight excluding hydrogens is 206 g/mol. The summed E-state index contributed by atoms with van der Waals surface area (Å²) in [6.45, 7) is 2.12. The highest BCUT2D eigenvalue weighted by atomic mass is 16.6. The summed E-state index contributed by atoms with van der Waals surface area (Å²) in [7, 11) is 1.90. The summed E-state index contributed by atoms with van der Waals surface area (Å²) in [6, 6.07) is 3.29. The number of likely N-dealkylation sites (N-methyl/N-ethyl adjacent to an activating group) is 1. The number of hydrogen-bond acceptors (Lipinski definition) is 4. The number of aromatic nitrogens is 1. The Morgan fingerprint density at radius 3 is 2.94 bits per heavy atom. The molecule has 0 saturated heterocycles. The van der Waals surface area contributed by atoms with Crippen molar-refractivity contribution < 1.29 is 4.92 Å². The van der Waals surface area contributed by atoms with E-state index in [4.69, 9.17) is 0 Å². The molecule has 1 aromatic rings. The first-order valence-electron chi connectivity index (χ1n) is 5.44. The molecule has 0 aliphatic rings. The van der Waals surface area contributed by atoms with Crippen LogP contribution in [0.4, 0.5) is 5.69 Å². The summed E-state index contributed by atoms with van der Waals surface area (Å²) in [5.74, 6) is 0. The summed E-state index contributed by atoms with van der Waals surface area (Å²) < 4.78 is 0. The first-order chi connectivity index (χ1) is 7.67. The van der Waals surface area contributed by atoms with Crippen LogP contribution in [0.25, 0.3) is 0 Å². The molecule has 0 spiro atoms. The fraction of sp³-hybridized carbons (Fsp3) is 0.545. The third kappa shape index (κ3) is 3.58. The van der Waals surface area contributed by atoms with E-state index in [1.807, 2.05) is 7.05 Å². The molecule has 0 amide bonds. The summed E-state index contributed by atoms with van der Waals surface area (Å²) in [5.41, 5.74) is 0.873. The van der Waals surface area contributed by atoms with Crippen LogP contribution in [0.2, 0.25) is 0 Å². The molecule has 1 atom stereocenters. The Balaban J connectivity index is 2.72. The van der Waals surface area contributed by atoms with Crippen molar-refractivity contribution in [2.75, 3.05) is 7.05 Å². The van der Waals surface area contributed by atoms with E-state index in [1.54, 1.807) is 6.07 Å². The Labute approximate surface area is 95.0 Å². The van der Waals surface area contributed by atoms with E-state index in [-0.39, 0.29) is 10.6 Å². The summed E-state index contributed by atoms with van der Waals surface area (Å²) in [5, 5.41) is 13.8. The van der Waals surface area contributed by atoms with Crippen molar-refractivity contribution in [1.82, 2.24) is 10.3 Å². The molecule has 0 bridgehead atoms. The van der Waals surface area contributed by atoms with Crippen molar-refractivity contribution in [3.8, 4) is 0 Å². The molecule has 1 rings (SSSR count). The Bertz CT molecular complexity index is 355. The molecule has 88 valence electrons. The van der Waals surface area contributed by atoms with Gasteiger partial charge in [-0.05, 0) is 13.5 Å².